The van der Waals surface area contributed by atoms with Crippen LogP contribution in [0.2, 0.25) is 50.2 Å². The van der Waals surface area contributed by atoms with Crippen LogP contribution in [0.5, 0.6) is 0 Å². The van der Waals surface area contributed by atoms with Crippen molar-refractivity contribution in [3.05, 3.63) is 61.4 Å². The van der Waals surface area contributed by atoms with Crippen molar-refractivity contribution in [1.82, 2.24) is 0 Å². The normalized spacial score (nSPS) is 11.5. The molecule has 0 aromatic heterocycles. The van der Waals surface area contributed by atoms with Crippen LogP contribution in [0.25, 0.3) is 0 Å². The van der Waals surface area contributed by atoms with Gasteiger partial charge < -0.3 is 0 Å². The summed E-state index contributed by atoms with van der Waals surface area (Å²) in [7, 11) is 0. The van der Waals surface area contributed by atoms with Gasteiger partial charge in [-0.2, -0.15) is 0 Å². The fraction of sp³-hybridized carbons (Fsp3) is 0.0769. The van der Waals surface area contributed by atoms with Crippen LogP contribution in [0.15, 0.2) is 0 Å². The number of rotatable bonds is 2. The van der Waals surface area contributed by atoms with Gasteiger partial charge in [0.1, 0.15) is 0 Å². The van der Waals surface area contributed by atoms with Gasteiger partial charge in [-0.1, -0.05) is 116 Å². The Morgan fingerprint density at radius 3 is 0.708 bits per heavy atom. The highest BCUT2D eigenvalue weighted by atomic mass is 35.5. The zero-order valence-corrected chi connectivity index (χ0v) is 19.1. The highest BCUT2D eigenvalue weighted by Gasteiger charge is 2.30. The monoisotopic (exact) mass is 542 g/mol. The van der Waals surface area contributed by atoms with Crippen molar-refractivity contribution in [1.29, 1.82) is 0 Å². The summed E-state index contributed by atoms with van der Waals surface area (Å²) in [6.45, 7) is 0. The minimum Gasteiger partial charge on any atom is -0.112 e. The maximum absolute atomic E-state index is 6.49. The van der Waals surface area contributed by atoms with Gasteiger partial charge in [-0.05, 0) is 0 Å². The molecule has 0 saturated carbocycles. The molecule has 0 aliphatic carbocycles. The standard InChI is InChI=1S/C13HCl11/c14-3(1-4(15)8(19)12(23)9(20)5(1)16)2-6(17)10(21)13(24)11(22)7(2)18/h3H. The molecule has 2 aromatic rings. The van der Waals surface area contributed by atoms with E-state index in [4.69, 9.17) is 128 Å². The molecule has 2 rings (SSSR count). The van der Waals surface area contributed by atoms with Crippen LogP contribution in [0.4, 0.5) is 0 Å². The lowest BCUT2D eigenvalue weighted by atomic mass is 10.0. The molecule has 0 nitrogen and oxygen atoms in total. The molecule has 0 atom stereocenters. The van der Waals surface area contributed by atoms with Crippen LogP contribution < -0.4 is 0 Å². The fourth-order valence-electron chi connectivity index (χ4n) is 1.83. The molecule has 24 heavy (non-hydrogen) atoms. The summed E-state index contributed by atoms with van der Waals surface area (Å²) in [4.78, 5) is 0. The molecule has 0 heterocycles. The SMILES string of the molecule is Clc1c(Cl)c(Cl)c(C(Cl)c2c(Cl)c(Cl)c(Cl)c(Cl)c2Cl)c(Cl)c1Cl. The zero-order valence-electron chi connectivity index (χ0n) is 10.7. The van der Waals surface area contributed by atoms with E-state index in [1.54, 1.807) is 0 Å². The maximum Gasteiger partial charge on any atom is 0.0895 e. The Morgan fingerprint density at radius 1 is 0.333 bits per heavy atom. The molecule has 11 heteroatoms. The Balaban J connectivity index is 2.84. The number of hydrogen-bond donors (Lipinski definition) is 0. The van der Waals surface area contributed by atoms with Crippen molar-refractivity contribution in [3.8, 4) is 0 Å². The highest BCUT2D eigenvalue weighted by molar-refractivity contribution is 6.57. The third kappa shape index (κ3) is 3.64. The molecule has 0 bridgehead atoms. The Hall–Kier alpha value is 1.63. The van der Waals surface area contributed by atoms with Gasteiger partial charge in [0.25, 0.3) is 0 Å². The second-order valence-electron chi connectivity index (χ2n) is 4.33. The topological polar surface area (TPSA) is 0 Å². The maximum atomic E-state index is 6.49. The minimum atomic E-state index is -1.08. The third-order valence-electron chi connectivity index (χ3n) is 2.99. The predicted molar refractivity (Wildman–Crippen MR) is 111 cm³/mol. The Kier molecular flexibility index (Phi) is 7.61. The van der Waals surface area contributed by atoms with Gasteiger partial charge in [0.15, 0.2) is 0 Å². The van der Waals surface area contributed by atoms with Crippen molar-refractivity contribution >= 4 is 128 Å². The zero-order chi connectivity index (χ0) is 18.5. The largest absolute Gasteiger partial charge is 0.112 e. The van der Waals surface area contributed by atoms with Crippen molar-refractivity contribution in [2.24, 2.45) is 0 Å². The molecule has 0 saturated heterocycles. The van der Waals surface area contributed by atoms with E-state index in [0.717, 1.165) is 0 Å². The van der Waals surface area contributed by atoms with E-state index in [0.29, 0.717) is 0 Å². The second-order valence-corrected chi connectivity index (χ2v) is 8.55. The van der Waals surface area contributed by atoms with Gasteiger partial charge in [0, 0.05) is 11.1 Å². The van der Waals surface area contributed by atoms with E-state index in [-0.39, 0.29) is 61.4 Å². The van der Waals surface area contributed by atoms with Gasteiger partial charge in [0.2, 0.25) is 0 Å². The molecule has 2 aromatic carbocycles. The van der Waals surface area contributed by atoms with Crippen molar-refractivity contribution in [2.45, 2.75) is 5.38 Å². The van der Waals surface area contributed by atoms with Crippen LogP contribution in [0.1, 0.15) is 16.5 Å². The number of halogens is 11. The molecule has 0 fully saturated rings. The van der Waals surface area contributed by atoms with E-state index < -0.39 is 5.38 Å². The first-order valence-corrected chi connectivity index (χ1v) is 9.90. The quantitative estimate of drug-likeness (QED) is 0.199. The van der Waals surface area contributed by atoms with Crippen LogP contribution in [-0.2, 0) is 0 Å². The van der Waals surface area contributed by atoms with E-state index in [1.165, 1.54) is 0 Å². The van der Waals surface area contributed by atoms with Crippen molar-refractivity contribution in [2.75, 3.05) is 0 Å². The van der Waals surface area contributed by atoms with Crippen molar-refractivity contribution in [3.63, 3.8) is 0 Å². The van der Waals surface area contributed by atoms with Gasteiger partial charge in [-0.15, -0.1) is 11.6 Å². The number of benzene rings is 2. The van der Waals surface area contributed by atoms with Gasteiger partial charge in [-0.25, -0.2) is 0 Å². The first-order chi connectivity index (χ1) is 11.0. The van der Waals surface area contributed by atoms with E-state index in [1.807, 2.05) is 0 Å². The van der Waals surface area contributed by atoms with Gasteiger partial charge in [-0.3, -0.25) is 0 Å². The lowest BCUT2D eigenvalue weighted by Gasteiger charge is -2.21. The molecular weight excluding hydrogens is 546 g/mol. The van der Waals surface area contributed by atoms with E-state index in [9.17, 15) is 0 Å². The lowest BCUT2D eigenvalue weighted by Crippen LogP contribution is -2.01. The summed E-state index contributed by atoms with van der Waals surface area (Å²) >= 11 is 67.5. The van der Waals surface area contributed by atoms with E-state index >= 15 is 0 Å². The molecule has 0 radical (unpaired) electrons. The number of alkyl halides is 1. The summed E-state index contributed by atoms with van der Waals surface area (Å²) in [5, 5.41) is -1.22. The molecule has 0 unspecified atom stereocenters. The molecular formula is C13HCl11. The Labute approximate surface area is 192 Å². The molecule has 0 amide bonds. The molecule has 0 aliphatic rings. The van der Waals surface area contributed by atoms with Crippen LogP contribution >= 0.6 is 128 Å². The van der Waals surface area contributed by atoms with Crippen LogP contribution in [0, 0.1) is 0 Å². The number of hydrogen-bond acceptors (Lipinski definition) is 0. The van der Waals surface area contributed by atoms with Crippen LogP contribution in [0.3, 0.4) is 0 Å². The van der Waals surface area contributed by atoms with Gasteiger partial charge >= 0.3 is 0 Å². The summed E-state index contributed by atoms with van der Waals surface area (Å²) < 4.78 is 0. The Bertz CT molecular complexity index is 715. The first-order valence-electron chi connectivity index (χ1n) is 5.69. The average Bonchev–Trinajstić information content (AvgIpc) is 2.55. The Morgan fingerprint density at radius 2 is 0.500 bits per heavy atom. The summed E-state index contributed by atoms with van der Waals surface area (Å²) in [6, 6.07) is 0. The lowest BCUT2D eigenvalue weighted by molar-refractivity contribution is 1.14. The molecule has 130 valence electrons. The first kappa shape index (κ1) is 21.9. The highest BCUT2D eigenvalue weighted by Crippen LogP contribution is 2.54. The van der Waals surface area contributed by atoms with Crippen molar-refractivity contribution < 1.29 is 0 Å². The smallest absolute Gasteiger partial charge is 0.0895 e. The summed E-state index contributed by atoms with van der Waals surface area (Å²) in [5.74, 6) is 0. The molecule has 0 aliphatic heterocycles. The molecule has 0 N–H and O–H groups in total. The second kappa shape index (κ2) is 8.33. The minimum absolute atomic E-state index is 0.00889. The summed E-state index contributed by atoms with van der Waals surface area (Å²) in [6.07, 6.45) is 0. The summed E-state index contributed by atoms with van der Waals surface area (Å²) in [5.41, 5.74) is 0.301. The molecule has 0 spiro atoms. The fourth-order valence-corrected chi connectivity index (χ4v) is 5.24. The van der Waals surface area contributed by atoms with Crippen LogP contribution in [-0.4, -0.2) is 0 Å². The third-order valence-corrected chi connectivity index (χ3v) is 8.04. The predicted octanol–water partition coefficient (Wildman–Crippen LogP) is 10.5. The van der Waals surface area contributed by atoms with E-state index in [2.05, 4.69) is 0 Å². The average molecular weight is 547 g/mol. The van der Waals surface area contributed by atoms with Gasteiger partial charge in [0.05, 0.1) is 55.6 Å².